The second-order valence-corrected chi connectivity index (χ2v) is 8.21. The summed E-state index contributed by atoms with van der Waals surface area (Å²) in [4.78, 5) is 17.6. The molecule has 0 bridgehead atoms. The number of carbonyl (C=O) groups excluding carboxylic acids is 1. The van der Waals surface area contributed by atoms with Crippen molar-refractivity contribution in [2.75, 3.05) is 24.7 Å². The number of carbonyl (C=O) groups is 1. The van der Waals surface area contributed by atoms with Crippen LogP contribution in [0, 0.1) is 5.92 Å². The molecule has 3 nitrogen and oxygen atoms in total. The van der Waals surface area contributed by atoms with Crippen molar-refractivity contribution in [3.8, 4) is 0 Å². The molecule has 4 rings (SSSR count). The van der Waals surface area contributed by atoms with Gasteiger partial charge in [0.05, 0.1) is 6.67 Å². The van der Waals surface area contributed by atoms with E-state index in [0.29, 0.717) is 19.0 Å². The maximum absolute atomic E-state index is 13.2. The van der Waals surface area contributed by atoms with Gasteiger partial charge in [0.2, 0.25) is 5.91 Å². The number of aryl methyl sites for hydroxylation is 1. The fourth-order valence-electron chi connectivity index (χ4n) is 4.30. The smallest absolute Gasteiger partial charge is 0.228 e. The van der Waals surface area contributed by atoms with E-state index in [9.17, 15) is 4.79 Å². The van der Waals surface area contributed by atoms with Crippen molar-refractivity contribution in [3.05, 3.63) is 102 Å². The molecule has 1 aliphatic rings. The van der Waals surface area contributed by atoms with Gasteiger partial charge in [0, 0.05) is 25.2 Å². The first-order valence-corrected chi connectivity index (χ1v) is 10.9. The first kappa shape index (κ1) is 23.1. The van der Waals surface area contributed by atoms with Gasteiger partial charge in [-0.25, -0.2) is 0 Å². The van der Waals surface area contributed by atoms with Crippen LogP contribution in [0.2, 0.25) is 0 Å². The van der Waals surface area contributed by atoms with Crippen molar-refractivity contribution in [2.24, 2.45) is 5.92 Å². The Kier molecular flexibility index (Phi) is 8.69. The minimum absolute atomic E-state index is 0. The largest absolute Gasteiger partial charge is 0.299 e. The predicted octanol–water partition coefficient (Wildman–Crippen LogP) is 5.60. The Bertz CT molecular complexity index is 918. The molecule has 0 saturated carbocycles. The van der Waals surface area contributed by atoms with E-state index in [1.807, 2.05) is 53.4 Å². The summed E-state index contributed by atoms with van der Waals surface area (Å²) in [6.07, 6.45) is 3.61. The summed E-state index contributed by atoms with van der Waals surface area (Å²) in [5, 5.41) is 0. The number of nitrogens with zero attached hydrogens (tertiary/aromatic N) is 2. The van der Waals surface area contributed by atoms with E-state index in [4.69, 9.17) is 0 Å². The van der Waals surface area contributed by atoms with Crippen molar-refractivity contribution in [3.63, 3.8) is 0 Å². The molecule has 0 aliphatic carbocycles. The number of rotatable bonds is 8. The average molecular weight is 435 g/mol. The van der Waals surface area contributed by atoms with Crippen LogP contribution >= 0.6 is 12.4 Å². The minimum Gasteiger partial charge on any atom is -0.299 e. The highest BCUT2D eigenvalue weighted by Crippen LogP contribution is 2.23. The Balaban J connectivity index is 0.00000272. The summed E-state index contributed by atoms with van der Waals surface area (Å²) in [7, 11) is 0. The van der Waals surface area contributed by atoms with Crippen LogP contribution in [0.5, 0.6) is 0 Å². The van der Waals surface area contributed by atoms with Crippen molar-refractivity contribution >= 4 is 24.0 Å². The Labute approximate surface area is 192 Å². The fraction of sp³-hybridized carbons (Fsp3) is 0.296. The SMILES string of the molecule is Cl.O=C(CCc1ccccc1)N(CN1CC[C@@H](Cc2ccccc2)C1)c1ccccc1. The molecule has 1 amide bonds. The standard InChI is InChI=1S/C27H30N2O.ClH/c30-27(17-16-23-10-4-1-5-11-23)29(26-14-8-3-9-15-26)22-28-19-18-25(21-28)20-24-12-6-2-7-13-24;/h1-15,25H,16-22H2;1H/t25-;/m0./s1. The van der Waals surface area contributed by atoms with Gasteiger partial charge < -0.3 is 0 Å². The Morgan fingerprint density at radius 2 is 1.42 bits per heavy atom. The van der Waals surface area contributed by atoms with Gasteiger partial charge in [-0.05, 0) is 48.4 Å². The van der Waals surface area contributed by atoms with Crippen molar-refractivity contribution in [1.29, 1.82) is 0 Å². The first-order valence-electron chi connectivity index (χ1n) is 10.9. The minimum atomic E-state index is 0. The number of anilines is 1. The van der Waals surface area contributed by atoms with Gasteiger partial charge in [0.1, 0.15) is 0 Å². The third-order valence-electron chi connectivity index (χ3n) is 5.92. The van der Waals surface area contributed by atoms with Crippen LogP contribution in [0.1, 0.15) is 24.0 Å². The highest BCUT2D eigenvalue weighted by atomic mass is 35.5. The molecule has 3 aromatic carbocycles. The topological polar surface area (TPSA) is 23.6 Å². The van der Waals surface area contributed by atoms with E-state index >= 15 is 0 Å². The summed E-state index contributed by atoms with van der Waals surface area (Å²) in [5.74, 6) is 0.848. The summed E-state index contributed by atoms with van der Waals surface area (Å²) in [6, 6.07) is 31.1. The van der Waals surface area contributed by atoms with E-state index in [0.717, 1.165) is 31.6 Å². The lowest BCUT2D eigenvalue weighted by molar-refractivity contribution is -0.119. The number of amides is 1. The number of hydrogen-bond acceptors (Lipinski definition) is 2. The molecular formula is C27H31ClN2O. The van der Waals surface area contributed by atoms with Crippen molar-refractivity contribution in [1.82, 2.24) is 4.90 Å². The number of halogens is 1. The van der Waals surface area contributed by atoms with Crippen molar-refractivity contribution in [2.45, 2.75) is 25.7 Å². The first-order chi connectivity index (χ1) is 14.8. The number of hydrogen-bond donors (Lipinski definition) is 0. The quantitative estimate of drug-likeness (QED) is 0.461. The molecule has 0 radical (unpaired) electrons. The van der Waals surface area contributed by atoms with Crippen LogP contribution < -0.4 is 4.90 Å². The molecule has 0 aromatic heterocycles. The zero-order valence-corrected chi connectivity index (χ0v) is 18.7. The molecule has 162 valence electrons. The van der Waals surface area contributed by atoms with E-state index in [-0.39, 0.29) is 18.3 Å². The number of para-hydroxylation sites is 1. The summed E-state index contributed by atoms with van der Waals surface area (Å²) < 4.78 is 0. The van der Waals surface area contributed by atoms with Gasteiger partial charge >= 0.3 is 0 Å². The van der Waals surface area contributed by atoms with Crippen LogP contribution in [-0.2, 0) is 17.6 Å². The van der Waals surface area contributed by atoms with Crippen LogP contribution in [0.15, 0.2) is 91.0 Å². The molecule has 1 heterocycles. The lowest BCUT2D eigenvalue weighted by atomic mass is 9.99. The van der Waals surface area contributed by atoms with E-state index < -0.39 is 0 Å². The molecule has 1 atom stereocenters. The average Bonchev–Trinajstić information content (AvgIpc) is 3.24. The van der Waals surface area contributed by atoms with Gasteiger partial charge in [0.25, 0.3) is 0 Å². The van der Waals surface area contributed by atoms with E-state index in [2.05, 4.69) is 47.4 Å². The lowest BCUT2D eigenvalue weighted by Gasteiger charge is -2.28. The van der Waals surface area contributed by atoms with E-state index in [1.165, 1.54) is 17.5 Å². The zero-order valence-electron chi connectivity index (χ0n) is 17.9. The Morgan fingerprint density at radius 3 is 2.06 bits per heavy atom. The molecule has 4 heteroatoms. The summed E-state index contributed by atoms with van der Waals surface area (Å²) in [5.41, 5.74) is 3.60. The van der Waals surface area contributed by atoms with E-state index in [1.54, 1.807) is 0 Å². The maximum atomic E-state index is 13.2. The second-order valence-electron chi connectivity index (χ2n) is 8.21. The van der Waals surface area contributed by atoms with Gasteiger partial charge in [0.15, 0.2) is 0 Å². The Hall–Kier alpha value is -2.62. The van der Waals surface area contributed by atoms with Gasteiger partial charge in [-0.2, -0.15) is 0 Å². The Morgan fingerprint density at radius 1 is 0.839 bits per heavy atom. The molecule has 0 unspecified atom stereocenters. The predicted molar refractivity (Wildman–Crippen MR) is 131 cm³/mol. The van der Waals surface area contributed by atoms with Crippen LogP contribution in [0.4, 0.5) is 5.69 Å². The fourth-order valence-corrected chi connectivity index (χ4v) is 4.30. The zero-order chi connectivity index (χ0) is 20.6. The lowest BCUT2D eigenvalue weighted by Crippen LogP contribution is -2.41. The maximum Gasteiger partial charge on any atom is 0.228 e. The monoisotopic (exact) mass is 434 g/mol. The molecule has 1 aliphatic heterocycles. The number of likely N-dealkylation sites (tertiary alicyclic amines) is 1. The van der Waals surface area contributed by atoms with Gasteiger partial charge in [-0.15, -0.1) is 12.4 Å². The van der Waals surface area contributed by atoms with Crippen LogP contribution in [0.3, 0.4) is 0 Å². The van der Waals surface area contributed by atoms with Crippen molar-refractivity contribution < 1.29 is 4.79 Å². The molecule has 3 aromatic rings. The molecule has 0 spiro atoms. The molecular weight excluding hydrogens is 404 g/mol. The van der Waals surface area contributed by atoms with Gasteiger partial charge in [-0.1, -0.05) is 78.9 Å². The highest BCUT2D eigenvalue weighted by molar-refractivity contribution is 5.93. The second kappa shape index (κ2) is 11.7. The third-order valence-corrected chi connectivity index (χ3v) is 5.92. The van der Waals surface area contributed by atoms with Gasteiger partial charge in [-0.3, -0.25) is 14.6 Å². The summed E-state index contributed by atoms with van der Waals surface area (Å²) in [6.45, 7) is 2.76. The van der Waals surface area contributed by atoms with Crippen LogP contribution in [-0.4, -0.2) is 30.6 Å². The third kappa shape index (κ3) is 6.68. The molecule has 0 N–H and O–H groups in total. The number of benzene rings is 3. The molecule has 31 heavy (non-hydrogen) atoms. The van der Waals surface area contributed by atoms with Crippen LogP contribution in [0.25, 0.3) is 0 Å². The summed E-state index contributed by atoms with van der Waals surface area (Å²) >= 11 is 0. The molecule has 1 fully saturated rings. The normalized spacial score (nSPS) is 15.9. The highest BCUT2D eigenvalue weighted by Gasteiger charge is 2.26. The molecule has 1 saturated heterocycles.